The van der Waals surface area contributed by atoms with E-state index in [0.29, 0.717) is 0 Å². The molecule has 0 aliphatic heterocycles. The van der Waals surface area contributed by atoms with Gasteiger partial charge in [-0.1, -0.05) is 111 Å². The van der Waals surface area contributed by atoms with Gasteiger partial charge in [0, 0.05) is 49.1 Å². The Bertz CT molecular complexity index is 3340. The summed E-state index contributed by atoms with van der Waals surface area (Å²) in [5.74, 6) is 0. The smallest absolute Gasteiger partial charge is 0.136 e. The Balaban J connectivity index is 1.17. The van der Waals surface area contributed by atoms with Crippen LogP contribution in [0.25, 0.3) is 99.2 Å². The highest BCUT2D eigenvalue weighted by Crippen LogP contribution is 2.53. The molecule has 254 valence electrons. The molecule has 0 N–H and O–H groups in total. The molecular weight excluding hydrogens is 657 g/mol. The Morgan fingerprint density at radius 3 is 1.67 bits per heavy atom. The van der Waals surface area contributed by atoms with Crippen LogP contribution in [0.15, 0.2) is 174 Å². The molecule has 1 aliphatic carbocycles. The molecule has 0 saturated carbocycles. The third kappa shape index (κ3) is 3.85. The van der Waals surface area contributed by atoms with Gasteiger partial charge in [0.1, 0.15) is 11.2 Å². The van der Waals surface area contributed by atoms with Gasteiger partial charge < -0.3 is 13.6 Å². The molecule has 0 fully saturated rings. The van der Waals surface area contributed by atoms with Crippen LogP contribution >= 0.6 is 0 Å². The molecule has 54 heavy (non-hydrogen) atoms. The molecule has 3 heteroatoms. The first-order chi connectivity index (χ1) is 26.6. The molecule has 12 rings (SSSR count). The van der Waals surface area contributed by atoms with Crippen LogP contribution in [0.2, 0.25) is 0 Å². The van der Waals surface area contributed by atoms with Crippen molar-refractivity contribution in [1.29, 1.82) is 0 Å². The van der Waals surface area contributed by atoms with E-state index in [1.54, 1.807) is 0 Å². The number of fused-ring (bicyclic) bond motifs is 14. The maximum Gasteiger partial charge on any atom is 0.136 e. The van der Waals surface area contributed by atoms with Crippen LogP contribution in [0.4, 0.5) is 0 Å². The van der Waals surface area contributed by atoms with Gasteiger partial charge in [-0.25, -0.2) is 0 Å². The van der Waals surface area contributed by atoms with E-state index >= 15 is 0 Å². The Labute approximate surface area is 311 Å². The minimum absolute atomic E-state index is 0.0838. The lowest BCUT2D eigenvalue weighted by Crippen LogP contribution is -2.14. The van der Waals surface area contributed by atoms with Gasteiger partial charge in [-0.3, -0.25) is 0 Å². The van der Waals surface area contributed by atoms with Gasteiger partial charge in [-0.2, -0.15) is 0 Å². The van der Waals surface area contributed by atoms with E-state index in [2.05, 4.69) is 187 Å². The van der Waals surface area contributed by atoms with Crippen LogP contribution in [0.1, 0.15) is 25.0 Å². The van der Waals surface area contributed by atoms with Crippen LogP contribution in [-0.2, 0) is 5.41 Å². The summed E-state index contributed by atoms with van der Waals surface area (Å²) in [4.78, 5) is 0. The number of hydrogen-bond donors (Lipinski definition) is 0. The molecule has 8 aromatic carbocycles. The Morgan fingerprint density at radius 2 is 0.963 bits per heavy atom. The van der Waals surface area contributed by atoms with Gasteiger partial charge in [-0.05, 0) is 106 Å². The normalized spacial score (nSPS) is 13.5. The van der Waals surface area contributed by atoms with Crippen molar-refractivity contribution in [2.75, 3.05) is 0 Å². The number of aromatic nitrogens is 2. The van der Waals surface area contributed by atoms with Gasteiger partial charge in [0.05, 0.1) is 22.1 Å². The largest absolute Gasteiger partial charge is 0.456 e. The highest BCUT2D eigenvalue weighted by atomic mass is 16.3. The maximum atomic E-state index is 6.43. The summed E-state index contributed by atoms with van der Waals surface area (Å²) < 4.78 is 11.3. The van der Waals surface area contributed by atoms with Crippen molar-refractivity contribution >= 4 is 65.6 Å². The number of benzene rings is 8. The van der Waals surface area contributed by atoms with Crippen LogP contribution in [0.5, 0.6) is 0 Å². The second-order valence-electron chi connectivity index (χ2n) is 15.3. The fraction of sp³-hybridized carbons (Fsp3) is 0.0588. The second-order valence-corrected chi connectivity index (χ2v) is 15.3. The Morgan fingerprint density at radius 1 is 0.407 bits per heavy atom. The lowest BCUT2D eigenvalue weighted by atomic mass is 9.82. The molecule has 1 aliphatic rings. The summed E-state index contributed by atoms with van der Waals surface area (Å²) in [7, 11) is 0. The minimum Gasteiger partial charge on any atom is -0.456 e. The lowest BCUT2D eigenvalue weighted by molar-refractivity contribution is 0.661. The third-order valence-corrected chi connectivity index (χ3v) is 12.1. The van der Waals surface area contributed by atoms with Gasteiger partial charge in [0.2, 0.25) is 0 Å². The molecule has 0 radical (unpaired) electrons. The number of hydrogen-bond acceptors (Lipinski definition) is 1. The molecule has 11 aromatic rings. The maximum absolute atomic E-state index is 6.43. The molecule has 0 saturated heterocycles. The van der Waals surface area contributed by atoms with E-state index in [1.807, 2.05) is 6.07 Å². The Hall–Kier alpha value is -6.84. The lowest BCUT2D eigenvalue weighted by Gasteiger charge is -2.21. The summed E-state index contributed by atoms with van der Waals surface area (Å²) in [6.07, 6.45) is 0. The zero-order valence-corrected chi connectivity index (χ0v) is 30.0. The number of rotatable bonds is 3. The van der Waals surface area contributed by atoms with Crippen molar-refractivity contribution in [2.45, 2.75) is 19.3 Å². The van der Waals surface area contributed by atoms with Crippen LogP contribution in [0.3, 0.4) is 0 Å². The summed E-state index contributed by atoms with van der Waals surface area (Å²) in [6, 6.07) is 62.0. The molecule has 3 heterocycles. The SMILES string of the molecule is CC1(C)c2ccccc2-c2c1ccc1c2c2cc(-c3ccc4c(c3)c3c5c(ccc3n4-c3ccccc3)oc3ccccc35)ccc2n1-c1ccccc1. The number of para-hydroxylation sites is 3. The van der Waals surface area contributed by atoms with Crippen molar-refractivity contribution in [2.24, 2.45) is 0 Å². The van der Waals surface area contributed by atoms with E-state index in [0.717, 1.165) is 27.6 Å². The first-order valence-corrected chi connectivity index (χ1v) is 18.8. The quantitative estimate of drug-likeness (QED) is 0.181. The van der Waals surface area contributed by atoms with Crippen LogP contribution in [0, 0.1) is 0 Å². The van der Waals surface area contributed by atoms with Crippen molar-refractivity contribution in [3.63, 3.8) is 0 Å². The molecule has 0 unspecified atom stereocenters. The van der Waals surface area contributed by atoms with E-state index in [1.165, 1.54) is 82.7 Å². The molecule has 3 aromatic heterocycles. The summed E-state index contributed by atoms with van der Waals surface area (Å²) in [6.45, 7) is 4.74. The first-order valence-electron chi connectivity index (χ1n) is 18.8. The van der Waals surface area contributed by atoms with Gasteiger partial charge in [0.15, 0.2) is 0 Å². The van der Waals surface area contributed by atoms with Crippen molar-refractivity contribution in [3.8, 4) is 33.6 Å². The average Bonchev–Trinajstić information content (AvgIpc) is 3.93. The number of furan rings is 1. The molecule has 0 bridgehead atoms. The van der Waals surface area contributed by atoms with Crippen LogP contribution < -0.4 is 0 Å². The predicted octanol–water partition coefficient (Wildman–Crippen LogP) is 13.8. The fourth-order valence-electron chi connectivity index (χ4n) is 9.70. The zero-order valence-electron chi connectivity index (χ0n) is 30.0. The molecule has 0 amide bonds. The average molecular weight is 691 g/mol. The second kappa shape index (κ2) is 10.6. The van der Waals surface area contributed by atoms with E-state index in [9.17, 15) is 0 Å². The predicted molar refractivity (Wildman–Crippen MR) is 225 cm³/mol. The third-order valence-electron chi connectivity index (χ3n) is 12.1. The number of nitrogens with zero attached hydrogens (tertiary/aromatic N) is 2. The highest BCUT2D eigenvalue weighted by Gasteiger charge is 2.37. The van der Waals surface area contributed by atoms with Gasteiger partial charge in [0.25, 0.3) is 0 Å². The summed E-state index contributed by atoms with van der Waals surface area (Å²) in [5, 5.41) is 7.33. The Kier molecular flexibility index (Phi) is 5.84. The molecule has 0 spiro atoms. The van der Waals surface area contributed by atoms with E-state index in [-0.39, 0.29) is 5.41 Å². The van der Waals surface area contributed by atoms with Crippen LogP contribution in [-0.4, -0.2) is 9.13 Å². The first kappa shape index (κ1) is 29.7. The molecule has 3 nitrogen and oxygen atoms in total. The molecule has 0 atom stereocenters. The minimum atomic E-state index is -0.0838. The van der Waals surface area contributed by atoms with Gasteiger partial charge in [-0.15, -0.1) is 0 Å². The monoisotopic (exact) mass is 690 g/mol. The zero-order chi connectivity index (χ0) is 35.7. The van der Waals surface area contributed by atoms with Crippen molar-refractivity contribution in [3.05, 3.63) is 181 Å². The van der Waals surface area contributed by atoms with Gasteiger partial charge >= 0.3 is 0 Å². The summed E-state index contributed by atoms with van der Waals surface area (Å²) in [5.41, 5.74) is 16.7. The van der Waals surface area contributed by atoms with E-state index in [4.69, 9.17) is 4.42 Å². The summed E-state index contributed by atoms with van der Waals surface area (Å²) >= 11 is 0. The standard InChI is InChI=1S/C51H34N2O/c1-51(2)39-19-11-9-17-35(39)47-40(51)23-26-43-48(47)37-29-31(21-24-41(37)52(43)33-13-5-3-6-14-33)32-22-25-42-38(30-32)49-44(53(42)34-15-7-4-8-16-34)27-28-46-50(49)36-18-10-12-20-45(36)54-46/h3-30H,1-2H3. The van der Waals surface area contributed by atoms with Crippen molar-refractivity contribution in [1.82, 2.24) is 9.13 Å². The highest BCUT2D eigenvalue weighted by molar-refractivity contribution is 6.28. The fourth-order valence-corrected chi connectivity index (χ4v) is 9.70. The topological polar surface area (TPSA) is 23.0 Å². The molecular formula is C51H34N2O. The van der Waals surface area contributed by atoms with Crippen molar-refractivity contribution < 1.29 is 4.42 Å². The van der Waals surface area contributed by atoms with E-state index < -0.39 is 0 Å².